The number of aliphatic hydroxyl groups excluding tert-OH is 1. The van der Waals surface area contributed by atoms with Crippen molar-refractivity contribution >= 4 is 0 Å². The lowest BCUT2D eigenvalue weighted by Gasteiger charge is -2.12. The minimum absolute atomic E-state index is 0.0738. The average Bonchev–Trinajstić information content (AvgIpc) is 1.89. The molecule has 0 aromatic rings. The summed E-state index contributed by atoms with van der Waals surface area (Å²) in [5.41, 5.74) is 0. The highest BCUT2D eigenvalue weighted by atomic mass is 19.3. The number of hydrogen-bond acceptors (Lipinski definition) is 2. The summed E-state index contributed by atoms with van der Waals surface area (Å²) in [6.07, 6.45) is -3.59. The molecule has 62 valence electrons. The Morgan fingerprint density at radius 3 is 2.40 bits per heavy atom. The molecule has 0 amide bonds. The summed E-state index contributed by atoms with van der Waals surface area (Å²) >= 11 is 0. The predicted molar refractivity (Wildman–Crippen MR) is 28.6 cm³/mol. The SMILES string of the molecule is OCC(F)(F)OCCCF. The van der Waals surface area contributed by atoms with Gasteiger partial charge in [-0.2, -0.15) is 8.78 Å². The van der Waals surface area contributed by atoms with Gasteiger partial charge in [0.1, 0.15) is 6.61 Å². The number of aliphatic hydroxyl groups is 1. The Morgan fingerprint density at radius 1 is 1.40 bits per heavy atom. The molecule has 0 aliphatic heterocycles. The molecular weight excluding hydrogens is 149 g/mol. The molecule has 0 heterocycles. The zero-order valence-electron chi connectivity index (χ0n) is 5.32. The van der Waals surface area contributed by atoms with Crippen LogP contribution in [-0.2, 0) is 4.74 Å². The summed E-state index contributed by atoms with van der Waals surface area (Å²) in [6.45, 7) is -2.43. The molecule has 0 unspecified atom stereocenters. The minimum Gasteiger partial charge on any atom is -0.387 e. The van der Waals surface area contributed by atoms with Gasteiger partial charge in [-0.1, -0.05) is 0 Å². The van der Waals surface area contributed by atoms with Gasteiger partial charge in [-0.15, -0.1) is 0 Å². The fraction of sp³-hybridized carbons (Fsp3) is 1.00. The maximum atomic E-state index is 11.9. The Hall–Kier alpha value is -0.290. The maximum Gasteiger partial charge on any atom is 0.378 e. The summed E-state index contributed by atoms with van der Waals surface area (Å²) < 4.78 is 38.8. The van der Waals surface area contributed by atoms with Crippen LogP contribution in [0, 0.1) is 0 Å². The van der Waals surface area contributed by atoms with Crippen LogP contribution in [0.5, 0.6) is 0 Å². The largest absolute Gasteiger partial charge is 0.387 e. The van der Waals surface area contributed by atoms with E-state index in [0.29, 0.717) is 0 Å². The van der Waals surface area contributed by atoms with Crippen molar-refractivity contribution in [3.8, 4) is 0 Å². The molecule has 0 rings (SSSR count). The van der Waals surface area contributed by atoms with Gasteiger partial charge in [-0.05, 0) is 6.42 Å². The summed E-state index contributed by atoms with van der Waals surface area (Å²) in [5, 5.41) is 7.92. The summed E-state index contributed by atoms with van der Waals surface area (Å²) in [5.74, 6) is 0. The molecule has 10 heavy (non-hydrogen) atoms. The van der Waals surface area contributed by atoms with Crippen LogP contribution in [-0.4, -0.2) is 31.1 Å². The van der Waals surface area contributed by atoms with Gasteiger partial charge >= 0.3 is 6.11 Å². The third kappa shape index (κ3) is 4.58. The first-order valence-electron chi connectivity index (χ1n) is 2.81. The lowest BCUT2D eigenvalue weighted by atomic mass is 10.5. The van der Waals surface area contributed by atoms with Crippen LogP contribution < -0.4 is 0 Å². The Bertz CT molecular complexity index is 87.0. The van der Waals surface area contributed by atoms with Crippen LogP contribution in [0.4, 0.5) is 13.2 Å². The summed E-state index contributed by atoms with van der Waals surface area (Å²) in [6, 6.07) is 0. The number of alkyl halides is 3. The molecule has 0 aromatic heterocycles. The zero-order chi connectivity index (χ0) is 8.04. The highest BCUT2D eigenvalue weighted by Gasteiger charge is 2.27. The second-order valence-electron chi connectivity index (χ2n) is 1.69. The molecule has 0 aliphatic rings. The normalized spacial score (nSPS) is 12.0. The summed E-state index contributed by atoms with van der Waals surface area (Å²) in [7, 11) is 0. The second kappa shape index (κ2) is 4.51. The first kappa shape index (κ1) is 9.71. The molecule has 0 bridgehead atoms. The Labute approximate surface area is 56.6 Å². The maximum absolute atomic E-state index is 11.9. The Kier molecular flexibility index (Phi) is 4.38. The van der Waals surface area contributed by atoms with Crippen molar-refractivity contribution < 1.29 is 23.0 Å². The van der Waals surface area contributed by atoms with E-state index < -0.39 is 19.4 Å². The van der Waals surface area contributed by atoms with Gasteiger partial charge in [0.25, 0.3) is 0 Å². The van der Waals surface area contributed by atoms with E-state index in [1.165, 1.54) is 0 Å². The molecule has 0 aliphatic carbocycles. The molecule has 0 aromatic carbocycles. The lowest BCUT2D eigenvalue weighted by molar-refractivity contribution is -0.257. The second-order valence-corrected chi connectivity index (χ2v) is 1.69. The van der Waals surface area contributed by atoms with Gasteiger partial charge in [0, 0.05) is 0 Å². The number of rotatable bonds is 5. The van der Waals surface area contributed by atoms with Crippen LogP contribution in [0.2, 0.25) is 0 Å². The standard InChI is InChI=1S/C5H9F3O2/c6-2-1-3-10-5(7,8)4-9/h9H,1-4H2. The van der Waals surface area contributed by atoms with Gasteiger partial charge < -0.3 is 9.84 Å². The Morgan fingerprint density at radius 2 is 2.00 bits per heavy atom. The quantitative estimate of drug-likeness (QED) is 0.603. The van der Waals surface area contributed by atoms with Crippen LogP contribution in [0.3, 0.4) is 0 Å². The van der Waals surface area contributed by atoms with E-state index in [2.05, 4.69) is 4.74 Å². The molecule has 0 atom stereocenters. The van der Waals surface area contributed by atoms with E-state index in [9.17, 15) is 13.2 Å². The molecule has 0 saturated heterocycles. The molecule has 2 nitrogen and oxygen atoms in total. The van der Waals surface area contributed by atoms with Crippen LogP contribution >= 0.6 is 0 Å². The first-order valence-corrected chi connectivity index (χ1v) is 2.81. The average molecular weight is 158 g/mol. The van der Waals surface area contributed by atoms with E-state index in [0.717, 1.165) is 0 Å². The molecule has 0 radical (unpaired) electrons. The van der Waals surface area contributed by atoms with E-state index in [1.54, 1.807) is 0 Å². The smallest absolute Gasteiger partial charge is 0.378 e. The monoisotopic (exact) mass is 158 g/mol. The number of halogens is 3. The molecular formula is C5H9F3O2. The van der Waals surface area contributed by atoms with Crippen molar-refractivity contribution in [1.82, 2.24) is 0 Å². The van der Waals surface area contributed by atoms with Gasteiger partial charge in [-0.3, -0.25) is 4.39 Å². The zero-order valence-corrected chi connectivity index (χ0v) is 5.32. The molecule has 1 N–H and O–H groups in total. The van der Waals surface area contributed by atoms with E-state index in [1.807, 2.05) is 0 Å². The van der Waals surface area contributed by atoms with Crippen molar-refractivity contribution in [2.75, 3.05) is 19.9 Å². The molecule has 0 saturated carbocycles. The van der Waals surface area contributed by atoms with Crippen molar-refractivity contribution in [3.05, 3.63) is 0 Å². The first-order chi connectivity index (χ1) is 4.62. The Balaban J connectivity index is 3.28. The molecule has 0 fully saturated rings. The summed E-state index contributed by atoms with van der Waals surface area (Å²) in [4.78, 5) is 0. The van der Waals surface area contributed by atoms with E-state index in [4.69, 9.17) is 5.11 Å². The highest BCUT2D eigenvalue weighted by Crippen LogP contribution is 2.13. The number of ether oxygens (including phenoxy) is 1. The van der Waals surface area contributed by atoms with Crippen LogP contribution in [0.15, 0.2) is 0 Å². The fourth-order valence-corrected chi connectivity index (χ4v) is 0.322. The molecule has 0 spiro atoms. The third-order valence-electron chi connectivity index (χ3n) is 0.775. The van der Waals surface area contributed by atoms with Crippen molar-refractivity contribution in [2.24, 2.45) is 0 Å². The van der Waals surface area contributed by atoms with Gasteiger partial charge in [0.15, 0.2) is 0 Å². The van der Waals surface area contributed by atoms with Crippen molar-refractivity contribution in [1.29, 1.82) is 0 Å². The highest BCUT2D eigenvalue weighted by molar-refractivity contribution is 4.47. The van der Waals surface area contributed by atoms with Gasteiger partial charge in [0.2, 0.25) is 0 Å². The predicted octanol–water partition coefficient (Wildman–Crippen LogP) is 0.948. The van der Waals surface area contributed by atoms with Gasteiger partial charge in [-0.25, -0.2) is 0 Å². The number of hydrogen-bond donors (Lipinski definition) is 1. The van der Waals surface area contributed by atoms with Crippen LogP contribution in [0.25, 0.3) is 0 Å². The van der Waals surface area contributed by atoms with E-state index >= 15 is 0 Å². The van der Waals surface area contributed by atoms with Crippen LogP contribution in [0.1, 0.15) is 6.42 Å². The fourth-order valence-electron chi connectivity index (χ4n) is 0.322. The van der Waals surface area contributed by atoms with Crippen molar-refractivity contribution in [2.45, 2.75) is 12.5 Å². The topological polar surface area (TPSA) is 29.5 Å². The molecule has 5 heteroatoms. The minimum atomic E-state index is -3.52. The third-order valence-corrected chi connectivity index (χ3v) is 0.775. The lowest BCUT2D eigenvalue weighted by Crippen LogP contribution is -2.26. The van der Waals surface area contributed by atoms with Gasteiger partial charge in [0.05, 0.1) is 13.3 Å². The van der Waals surface area contributed by atoms with E-state index in [-0.39, 0.29) is 13.0 Å². The van der Waals surface area contributed by atoms with Crippen molar-refractivity contribution in [3.63, 3.8) is 0 Å².